The van der Waals surface area contributed by atoms with Crippen molar-refractivity contribution in [3.05, 3.63) is 45.9 Å². The lowest BCUT2D eigenvalue weighted by molar-refractivity contribution is 0.326. The summed E-state index contributed by atoms with van der Waals surface area (Å²) in [6.45, 7) is 8.51. The molecule has 0 atom stereocenters. The highest BCUT2D eigenvalue weighted by atomic mass is 79.9. The lowest BCUT2D eigenvalue weighted by Crippen LogP contribution is -2.26. The molecule has 1 aromatic carbocycles. The molecular formula is C18H25BrN2O2. The van der Waals surface area contributed by atoms with Gasteiger partial charge in [0.15, 0.2) is 0 Å². The van der Waals surface area contributed by atoms with Gasteiger partial charge in [0.05, 0.1) is 5.56 Å². The summed E-state index contributed by atoms with van der Waals surface area (Å²) in [7, 11) is 0. The molecule has 0 unspecified atom stereocenters. The van der Waals surface area contributed by atoms with E-state index in [2.05, 4.69) is 43.4 Å². The number of hydrogen-bond donors (Lipinski definition) is 2. The van der Waals surface area contributed by atoms with Crippen LogP contribution in [0, 0.1) is 0 Å². The highest BCUT2D eigenvalue weighted by Gasteiger charge is 2.25. The third-order valence-corrected chi connectivity index (χ3v) is 4.48. The number of halogens is 1. The fourth-order valence-corrected chi connectivity index (χ4v) is 3.10. The standard InChI is InChI=1S/C18H24N2O2.BrH/c1-18(2,3)14-6-4-12(5-7-14)15-16(22-20-17(15)21)13-8-10-19-11-9-13;/h4-7,13,19H,8-11H2,1-3H3,(H,20,21);1H. The molecule has 1 fully saturated rings. The Kier molecular flexibility index (Phi) is 5.53. The highest BCUT2D eigenvalue weighted by Crippen LogP contribution is 2.33. The second-order valence-corrected chi connectivity index (χ2v) is 7.12. The van der Waals surface area contributed by atoms with Gasteiger partial charge in [-0.3, -0.25) is 4.79 Å². The number of piperidine rings is 1. The fraction of sp³-hybridized carbons (Fsp3) is 0.500. The molecule has 0 saturated carbocycles. The molecule has 1 saturated heterocycles. The third-order valence-electron chi connectivity index (χ3n) is 4.48. The van der Waals surface area contributed by atoms with Gasteiger partial charge in [-0.15, -0.1) is 17.0 Å². The summed E-state index contributed by atoms with van der Waals surface area (Å²) in [5.41, 5.74) is 2.89. The monoisotopic (exact) mass is 380 g/mol. The number of rotatable bonds is 2. The zero-order valence-electron chi connectivity index (χ0n) is 13.9. The van der Waals surface area contributed by atoms with E-state index in [1.807, 2.05) is 12.1 Å². The summed E-state index contributed by atoms with van der Waals surface area (Å²) in [6, 6.07) is 8.28. The van der Waals surface area contributed by atoms with Crippen LogP contribution in [0.5, 0.6) is 0 Å². The second kappa shape index (κ2) is 7.05. The van der Waals surface area contributed by atoms with Gasteiger partial charge < -0.3 is 9.84 Å². The molecule has 126 valence electrons. The van der Waals surface area contributed by atoms with Crippen LogP contribution in [0.25, 0.3) is 11.1 Å². The van der Waals surface area contributed by atoms with E-state index in [-0.39, 0.29) is 28.0 Å². The first-order valence-corrected chi connectivity index (χ1v) is 8.00. The SMILES string of the molecule is Br.CC(C)(C)c1ccc(-c2c(C3CCNCC3)o[nH]c2=O)cc1. The normalized spacial score (nSPS) is 16.1. The lowest BCUT2D eigenvalue weighted by atomic mass is 9.85. The van der Waals surface area contributed by atoms with Gasteiger partial charge in [-0.25, -0.2) is 0 Å². The highest BCUT2D eigenvalue weighted by molar-refractivity contribution is 8.93. The van der Waals surface area contributed by atoms with Gasteiger partial charge in [-0.05, 0) is 42.5 Å². The molecule has 1 aliphatic rings. The van der Waals surface area contributed by atoms with Gasteiger partial charge in [-0.1, -0.05) is 45.0 Å². The molecule has 2 aromatic rings. The first kappa shape index (κ1) is 18.0. The van der Waals surface area contributed by atoms with E-state index in [1.165, 1.54) is 5.56 Å². The number of aromatic amines is 1. The first-order chi connectivity index (χ1) is 10.5. The van der Waals surface area contributed by atoms with E-state index >= 15 is 0 Å². The Balaban J connectivity index is 0.00000192. The molecule has 1 aromatic heterocycles. The number of aromatic nitrogens is 1. The van der Waals surface area contributed by atoms with Crippen LogP contribution in [0.4, 0.5) is 0 Å². The van der Waals surface area contributed by atoms with Gasteiger partial charge in [0, 0.05) is 5.92 Å². The molecule has 0 spiro atoms. The molecular weight excluding hydrogens is 356 g/mol. The van der Waals surface area contributed by atoms with E-state index in [4.69, 9.17) is 4.52 Å². The average molecular weight is 381 g/mol. The van der Waals surface area contributed by atoms with Crippen LogP contribution >= 0.6 is 17.0 Å². The zero-order chi connectivity index (χ0) is 15.7. The maximum absolute atomic E-state index is 12.2. The van der Waals surface area contributed by atoms with Crippen LogP contribution in [0.1, 0.15) is 50.9 Å². The van der Waals surface area contributed by atoms with Crippen molar-refractivity contribution >= 4 is 17.0 Å². The molecule has 2 heterocycles. The van der Waals surface area contributed by atoms with Crippen molar-refractivity contribution < 1.29 is 4.52 Å². The van der Waals surface area contributed by atoms with E-state index in [0.29, 0.717) is 11.5 Å². The molecule has 3 rings (SSSR count). The molecule has 1 aliphatic heterocycles. The molecule has 0 amide bonds. The van der Waals surface area contributed by atoms with Crippen LogP contribution in [0.3, 0.4) is 0 Å². The van der Waals surface area contributed by atoms with Crippen molar-refractivity contribution in [3.8, 4) is 11.1 Å². The van der Waals surface area contributed by atoms with Crippen LogP contribution in [-0.2, 0) is 5.41 Å². The minimum atomic E-state index is -0.128. The number of hydrogen-bond acceptors (Lipinski definition) is 3. The molecule has 0 bridgehead atoms. The van der Waals surface area contributed by atoms with Gasteiger partial charge in [0.2, 0.25) is 0 Å². The van der Waals surface area contributed by atoms with E-state index in [0.717, 1.165) is 37.3 Å². The van der Waals surface area contributed by atoms with Crippen molar-refractivity contribution in [1.82, 2.24) is 10.5 Å². The predicted octanol–water partition coefficient (Wildman–Crippen LogP) is 3.98. The molecule has 0 aliphatic carbocycles. The second-order valence-electron chi connectivity index (χ2n) is 7.12. The lowest BCUT2D eigenvalue weighted by Gasteiger charge is -2.21. The van der Waals surface area contributed by atoms with Gasteiger partial charge >= 0.3 is 0 Å². The quantitative estimate of drug-likeness (QED) is 0.828. The Morgan fingerprint density at radius 3 is 2.26 bits per heavy atom. The first-order valence-electron chi connectivity index (χ1n) is 8.00. The fourth-order valence-electron chi connectivity index (χ4n) is 3.10. The van der Waals surface area contributed by atoms with Crippen LogP contribution in [0.15, 0.2) is 33.6 Å². The minimum absolute atomic E-state index is 0. The summed E-state index contributed by atoms with van der Waals surface area (Å²) in [5, 5.41) is 5.87. The van der Waals surface area contributed by atoms with Crippen molar-refractivity contribution in [3.63, 3.8) is 0 Å². The third kappa shape index (κ3) is 3.78. The van der Waals surface area contributed by atoms with Gasteiger partial charge in [-0.2, -0.15) is 5.16 Å². The largest absolute Gasteiger partial charge is 0.383 e. The molecule has 0 radical (unpaired) electrons. The molecule has 23 heavy (non-hydrogen) atoms. The Morgan fingerprint density at radius 2 is 1.70 bits per heavy atom. The topological polar surface area (TPSA) is 58.0 Å². The summed E-state index contributed by atoms with van der Waals surface area (Å²) >= 11 is 0. The van der Waals surface area contributed by atoms with E-state index < -0.39 is 0 Å². The van der Waals surface area contributed by atoms with Crippen LogP contribution < -0.4 is 10.9 Å². The summed E-state index contributed by atoms with van der Waals surface area (Å²) < 4.78 is 5.52. The Labute approximate surface area is 147 Å². The molecule has 4 nitrogen and oxygen atoms in total. The summed E-state index contributed by atoms with van der Waals surface area (Å²) in [6.07, 6.45) is 2.02. The Morgan fingerprint density at radius 1 is 1.09 bits per heavy atom. The Hall–Kier alpha value is -1.33. The Bertz CT molecular complexity index is 689. The molecule has 5 heteroatoms. The van der Waals surface area contributed by atoms with Gasteiger partial charge in [0.25, 0.3) is 5.56 Å². The van der Waals surface area contributed by atoms with Gasteiger partial charge in [0.1, 0.15) is 5.76 Å². The number of H-pyrrole nitrogens is 1. The maximum Gasteiger partial charge on any atom is 0.288 e. The number of nitrogens with one attached hydrogen (secondary N) is 2. The van der Waals surface area contributed by atoms with Crippen LogP contribution in [-0.4, -0.2) is 18.2 Å². The predicted molar refractivity (Wildman–Crippen MR) is 98.6 cm³/mol. The average Bonchev–Trinajstić information content (AvgIpc) is 2.89. The van der Waals surface area contributed by atoms with E-state index in [1.54, 1.807) is 0 Å². The van der Waals surface area contributed by atoms with E-state index in [9.17, 15) is 4.79 Å². The maximum atomic E-state index is 12.2. The van der Waals surface area contributed by atoms with Crippen molar-refractivity contribution in [2.45, 2.75) is 44.9 Å². The van der Waals surface area contributed by atoms with Crippen molar-refractivity contribution in [2.24, 2.45) is 0 Å². The zero-order valence-corrected chi connectivity index (χ0v) is 15.7. The minimum Gasteiger partial charge on any atom is -0.383 e. The summed E-state index contributed by atoms with van der Waals surface area (Å²) in [4.78, 5) is 12.2. The summed E-state index contributed by atoms with van der Waals surface area (Å²) in [5.74, 6) is 1.13. The van der Waals surface area contributed by atoms with Crippen molar-refractivity contribution in [2.75, 3.05) is 13.1 Å². The number of benzene rings is 1. The smallest absolute Gasteiger partial charge is 0.288 e. The van der Waals surface area contributed by atoms with Crippen LogP contribution in [0.2, 0.25) is 0 Å². The molecule has 2 N–H and O–H groups in total. The van der Waals surface area contributed by atoms with Crippen molar-refractivity contribution in [1.29, 1.82) is 0 Å².